The molecule has 6 heteroatoms. The first-order valence-electron chi connectivity index (χ1n) is 4.34. The standard InChI is InChI=1S/C8H13NO4S/c1-14(12)4-2-3-9-5-7(10)13-8(11)6-9/h2-6H2,1H3. The Labute approximate surface area is 84.9 Å². The van der Waals surface area contributed by atoms with Crippen LogP contribution in [0.3, 0.4) is 0 Å². The molecule has 0 saturated carbocycles. The van der Waals surface area contributed by atoms with Crippen LogP contribution in [-0.4, -0.2) is 52.7 Å². The molecule has 0 aromatic heterocycles. The van der Waals surface area contributed by atoms with Crippen LogP contribution >= 0.6 is 0 Å². The number of nitrogens with zero attached hydrogens (tertiary/aromatic N) is 1. The fourth-order valence-corrected chi connectivity index (χ4v) is 1.80. The van der Waals surface area contributed by atoms with Gasteiger partial charge in [-0.2, -0.15) is 0 Å². The second-order valence-corrected chi connectivity index (χ2v) is 4.74. The Morgan fingerprint density at radius 2 is 1.93 bits per heavy atom. The van der Waals surface area contributed by atoms with Crippen LogP contribution in [0.4, 0.5) is 0 Å². The summed E-state index contributed by atoms with van der Waals surface area (Å²) >= 11 is 0. The minimum atomic E-state index is -0.815. The zero-order valence-corrected chi connectivity index (χ0v) is 8.84. The van der Waals surface area contributed by atoms with Crippen molar-refractivity contribution < 1.29 is 18.5 Å². The second-order valence-electron chi connectivity index (χ2n) is 3.19. The lowest BCUT2D eigenvalue weighted by atomic mass is 10.3. The third-order valence-electron chi connectivity index (χ3n) is 1.84. The maximum Gasteiger partial charge on any atom is 0.327 e. The molecular weight excluding hydrogens is 206 g/mol. The highest BCUT2D eigenvalue weighted by atomic mass is 32.2. The van der Waals surface area contributed by atoms with E-state index in [1.807, 2.05) is 0 Å². The van der Waals surface area contributed by atoms with Crippen molar-refractivity contribution in [1.29, 1.82) is 0 Å². The summed E-state index contributed by atoms with van der Waals surface area (Å²) in [6, 6.07) is 0. The van der Waals surface area contributed by atoms with E-state index in [0.717, 1.165) is 6.42 Å². The molecule has 80 valence electrons. The Morgan fingerprint density at radius 3 is 2.43 bits per heavy atom. The Kier molecular flexibility index (Phi) is 4.21. The molecule has 0 spiro atoms. The summed E-state index contributed by atoms with van der Waals surface area (Å²) in [6.07, 6.45) is 2.36. The van der Waals surface area contributed by atoms with E-state index < -0.39 is 22.7 Å². The molecule has 0 aliphatic carbocycles. The first-order valence-corrected chi connectivity index (χ1v) is 6.06. The van der Waals surface area contributed by atoms with Crippen molar-refractivity contribution in [2.45, 2.75) is 6.42 Å². The molecule has 0 aromatic carbocycles. The minimum Gasteiger partial charge on any atom is -0.391 e. The molecular formula is C8H13NO4S. The van der Waals surface area contributed by atoms with E-state index in [4.69, 9.17) is 0 Å². The topological polar surface area (TPSA) is 63.7 Å². The average molecular weight is 219 g/mol. The number of rotatable bonds is 4. The molecule has 1 fully saturated rings. The summed E-state index contributed by atoms with van der Waals surface area (Å²) in [5.41, 5.74) is 0. The quantitative estimate of drug-likeness (QED) is 0.455. The summed E-state index contributed by atoms with van der Waals surface area (Å²) in [5.74, 6) is -0.405. The van der Waals surface area contributed by atoms with Gasteiger partial charge in [0.2, 0.25) is 0 Å². The van der Waals surface area contributed by atoms with Crippen LogP contribution in [0.25, 0.3) is 0 Å². The lowest BCUT2D eigenvalue weighted by Gasteiger charge is -2.23. The Bertz CT molecular complexity index is 250. The van der Waals surface area contributed by atoms with Gasteiger partial charge in [0.25, 0.3) is 0 Å². The normalized spacial score (nSPS) is 20.6. The van der Waals surface area contributed by atoms with Crippen LogP contribution in [-0.2, 0) is 25.1 Å². The predicted molar refractivity (Wildman–Crippen MR) is 51.1 cm³/mol. The number of hydrogen-bond acceptors (Lipinski definition) is 5. The molecule has 1 unspecified atom stereocenters. The fourth-order valence-electron chi connectivity index (χ4n) is 1.26. The molecule has 1 aliphatic heterocycles. The molecule has 0 radical (unpaired) electrons. The lowest BCUT2D eigenvalue weighted by molar-refractivity contribution is -0.166. The van der Waals surface area contributed by atoms with Gasteiger partial charge in [-0.05, 0) is 6.42 Å². The molecule has 0 N–H and O–H groups in total. The molecule has 0 amide bonds. The van der Waals surface area contributed by atoms with Crippen molar-refractivity contribution in [3.05, 3.63) is 0 Å². The average Bonchev–Trinajstić information content (AvgIpc) is 2.01. The predicted octanol–water partition coefficient (Wildman–Crippen LogP) is -0.860. The van der Waals surface area contributed by atoms with E-state index in [2.05, 4.69) is 4.74 Å². The summed E-state index contributed by atoms with van der Waals surface area (Å²) in [6.45, 7) is 0.921. The Morgan fingerprint density at radius 1 is 1.36 bits per heavy atom. The van der Waals surface area contributed by atoms with E-state index in [1.54, 1.807) is 11.2 Å². The van der Waals surface area contributed by atoms with Gasteiger partial charge in [-0.1, -0.05) is 0 Å². The minimum absolute atomic E-state index is 0.155. The van der Waals surface area contributed by atoms with E-state index >= 15 is 0 Å². The number of hydrogen-bond donors (Lipinski definition) is 0. The largest absolute Gasteiger partial charge is 0.391 e. The van der Waals surface area contributed by atoms with Crippen LogP contribution in [0.1, 0.15) is 6.42 Å². The van der Waals surface area contributed by atoms with Gasteiger partial charge in [-0.3, -0.25) is 18.7 Å². The van der Waals surface area contributed by atoms with Gasteiger partial charge >= 0.3 is 11.9 Å². The molecule has 0 bridgehead atoms. The van der Waals surface area contributed by atoms with Crippen molar-refractivity contribution >= 4 is 22.7 Å². The van der Waals surface area contributed by atoms with Gasteiger partial charge in [0, 0.05) is 29.4 Å². The Balaban J connectivity index is 2.27. The summed E-state index contributed by atoms with van der Waals surface area (Å²) < 4.78 is 15.1. The van der Waals surface area contributed by atoms with E-state index in [0.29, 0.717) is 12.3 Å². The fraction of sp³-hybridized carbons (Fsp3) is 0.750. The molecule has 5 nitrogen and oxygen atoms in total. The van der Waals surface area contributed by atoms with E-state index in [9.17, 15) is 13.8 Å². The molecule has 1 aliphatic rings. The maximum absolute atomic E-state index is 10.8. The zero-order valence-electron chi connectivity index (χ0n) is 8.02. The molecule has 0 aromatic rings. The molecule has 14 heavy (non-hydrogen) atoms. The monoisotopic (exact) mass is 219 g/mol. The van der Waals surface area contributed by atoms with Crippen LogP contribution in [0.5, 0.6) is 0 Å². The molecule has 1 atom stereocenters. The highest BCUT2D eigenvalue weighted by molar-refractivity contribution is 7.84. The molecule has 1 heterocycles. The van der Waals surface area contributed by atoms with Crippen molar-refractivity contribution in [2.75, 3.05) is 31.6 Å². The smallest absolute Gasteiger partial charge is 0.327 e. The van der Waals surface area contributed by atoms with Crippen LogP contribution < -0.4 is 0 Å². The van der Waals surface area contributed by atoms with Gasteiger partial charge in [0.05, 0.1) is 13.1 Å². The molecule has 1 rings (SSSR count). The van der Waals surface area contributed by atoms with Gasteiger partial charge in [-0.25, -0.2) is 0 Å². The van der Waals surface area contributed by atoms with Gasteiger partial charge < -0.3 is 4.74 Å². The van der Waals surface area contributed by atoms with Crippen LogP contribution in [0.2, 0.25) is 0 Å². The van der Waals surface area contributed by atoms with Gasteiger partial charge in [0.15, 0.2) is 0 Å². The van der Waals surface area contributed by atoms with Gasteiger partial charge in [0.1, 0.15) is 0 Å². The first kappa shape index (κ1) is 11.3. The molecule has 1 saturated heterocycles. The van der Waals surface area contributed by atoms with Crippen molar-refractivity contribution in [1.82, 2.24) is 4.90 Å². The Hall–Kier alpha value is -0.750. The SMILES string of the molecule is CS(=O)CCCN1CC(=O)OC(=O)C1. The number of esters is 2. The second kappa shape index (κ2) is 5.21. The third kappa shape index (κ3) is 3.97. The summed E-state index contributed by atoms with van der Waals surface area (Å²) in [4.78, 5) is 23.4. The lowest BCUT2D eigenvalue weighted by Crippen LogP contribution is -2.43. The highest BCUT2D eigenvalue weighted by Crippen LogP contribution is 2.01. The highest BCUT2D eigenvalue weighted by Gasteiger charge is 2.23. The maximum atomic E-state index is 10.8. The van der Waals surface area contributed by atoms with E-state index in [-0.39, 0.29) is 13.1 Å². The number of carbonyl (C=O) groups excluding carboxylic acids is 2. The van der Waals surface area contributed by atoms with Crippen molar-refractivity contribution in [3.8, 4) is 0 Å². The van der Waals surface area contributed by atoms with Gasteiger partial charge in [-0.15, -0.1) is 0 Å². The van der Waals surface area contributed by atoms with Crippen molar-refractivity contribution in [3.63, 3.8) is 0 Å². The first-order chi connectivity index (χ1) is 6.58. The van der Waals surface area contributed by atoms with Crippen LogP contribution in [0, 0.1) is 0 Å². The number of morpholine rings is 1. The van der Waals surface area contributed by atoms with E-state index in [1.165, 1.54) is 0 Å². The summed E-state index contributed by atoms with van der Waals surface area (Å²) in [7, 11) is -0.815. The zero-order chi connectivity index (χ0) is 10.6. The third-order valence-corrected chi connectivity index (χ3v) is 2.70. The number of ether oxygens (including phenoxy) is 1. The summed E-state index contributed by atoms with van der Waals surface area (Å²) in [5, 5.41) is 0. The number of cyclic esters (lactones) is 2. The van der Waals surface area contributed by atoms with Crippen molar-refractivity contribution in [2.24, 2.45) is 0 Å². The number of carbonyl (C=O) groups is 2. The van der Waals surface area contributed by atoms with Crippen LogP contribution in [0.15, 0.2) is 0 Å².